The van der Waals surface area contributed by atoms with Crippen LogP contribution in [0.2, 0.25) is 0 Å². The second-order valence-electron chi connectivity index (χ2n) is 8.07. The van der Waals surface area contributed by atoms with E-state index < -0.39 is 0 Å². The van der Waals surface area contributed by atoms with Crippen molar-refractivity contribution < 1.29 is 9.32 Å². The molecule has 1 aromatic rings. The fraction of sp³-hybridized carbons (Fsp3) is 0.750. The second kappa shape index (κ2) is 10.5. The number of carbonyl (C=O) groups is 1. The van der Waals surface area contributed by atoms with Gasteiger partial charge in [-0.2, -0.15) is 0 Å². The first-order chi connectivity index (χ1) is 13.6. The van der Waals surface area contributed by atoms with Crippen LogP contribution in [0.25, 0.3) is 0 Å². The highest BCUT2D eigenvalue weighted by molar-refractivity contribution is 5.84. The van der Waals surface area contributed by atoms with E-state index in [1.807, 2.05) is 6.07 Å². The Morgan fingerprint density at radius 3 is 2.64 bits per heavy atom. The summed E-state index contributed by atoms with van der Waals surface area (Å²) < 4.78 is 4.93. The number of amides is 1. The molecule has 0 unspecified atom stereocenters. The molecule has 0 atom stereocenters. The Hall–Kier alpha value is -2.09. The quantitative estimate of drug-likeness (QED) is 0.585. The van der Waals surface area contributed by atoms with Gasteiger partial charge in [-0.25, -0.2) is 4.99 Å². The van der Waals surface area contributed by atoms with Crippen LogP contribution in [0.15, 0.2) is 21.8 Å². The zero-order valence-corrected chi connectivity index (χ0v) is 17.3. The number of rotatable bonds is 6. The molecule has 2 aliphatic rings. The standard InChI is InChI=1S/C20H34N6O2/c1-24(2)19(27)15-22-20(21-14-17-6-4-3-5-7-17)26-11-9-25(10-12-26)16-18-8-13-28-23-18/h8,13,17H,3-7,9-12,14-16H2,1-2H3,(H,21,22). The minimum absolute atomic E-state index is 0.0293. The minimum Gasteiger partial charge on any atom is -0.364 e. The molecule has 1 aromatic heterocycles. The number of nitrogens with zero attached hydrogens (tertiary/aromatic N) is 5. The lowest BCUT2D eigenvalue weighted by atomic mass is 9.89. The predicted molar refractivity (Wildman–Crippen MR) is 109 cm³/mol. The highest BCUT2D eigenvalue weighted by Crippen LogP contribution is 2.22. The fourth-order valence-corrected chi connectivity index (χ4v) is 3.84. The number of nitrogens with one attached hydrogen (secondary N) is 1. The van der Waals surface area contributed by atoms with Crippen LogP contribution in [-0.4, -0.2) is 85.1 Å². The third kappa shape index (κ3) is 6.22. The first-order valence-corrected chi connectivity index (χ1v) is 10.5. The summed E-state index contributed by atoms with van der Waals surface area (Å²) in [7, 11) is 3.55. The summed E-state index contributed by atoms with van der Waals surface area (Å²) in [5.41, 5.74) is 0.967. The summed E-state index contributed by atoms with van der Waals surface area (Å²) in [6, 6.07) is 1.91. The zero-order chi connectivity index (χ0) is 19.8. The van der Waals surface area contributed by atoms with Crippen molar-refractivity contribution in [1.82, 2.24) is 25.2 Å². The Morgan fingerprint density at radius 2 is 2.00 bits per heavy atom. The maximum atomic E-state index is 12.0. The Morgan fingerprint density at radius 1 is 1.25 bits per heavy atom. The maximum Gasteiger partial charge on any atom is 0.243 e. The minimum atomic E-state index is 0.0293. The van der Waals surface area contributed by atoms with E-state index in [1.54, 1.807) is 25.3 Å². The maximum absolute atomic E-state index is 12.0. The largest absolute Gasteiger partial charge is 0.364 e. The number of aliphatic imine (C=N–C) groups is 1. The molecule has 1 aliphatic heterocycles. The van der Waals surface area contributed by atoms with Gasteiger partial charge in [-0.15, -0.1) is 0 Å². The third-order valence-corrected chi connectivity index (χ3v) is 5.69. The SMILES string of the molecule is CN(C)C(=O)CN=C(NCC1CCCCC1)N1CCN(Cc2ccon2)CC1. The number of guanidine groups is 1. The molecular weight excluding hydrogens is 356 g/mol. The summed E-state index contributed by atoms with van der Waals surface area (Å²) in [6.07, 6.45) is 8.23. The molecule has 2 fully saturated rings. The summed E-state index contributed by atoms with van der Waals surface area (Å²) >= 11 is 0. The monoisotopic (exact) mass is 390 g/mol. The van der Waals surface area contributed by atoms with Crippen LogP contribution in [0.3, 0.4) is 0 Å². The molecule has 1 saturated heterocycles. The molecule has 0 radical (unpaired) electrons. The van der Waals surface area contributed by atoms with Gasteiger partial charge in [0.1, 0.15) is 12.8 Å². The molecule has 1 aliphatic carbocycles. The summed E-state index contributed by atoms with van der Waals surface area (Å²) in [4.78, 5) is 22.9. The Bertz CT molecular complexity index is 617. The topological polar surface area (TPSA) is 77.2 Å². The van der Waals surface area contributed by atoms with Gasteiger partial charge in [0.05, 0.1) is 5.69 Å². The van der Waals surface area contributed by atoms with Crippen molar-refractivity contribution in [2.45, 2.75) is 38.6 Å². The second-order valence-corrected chi connectivity index (χ2v) is 8.07. The van der Waals surface area contributed by atoms with Crippen LogP contribution in [0.5, 0.6) is 0 Å². The van der Waals surface area contributed by atoms with E-state index in [4.69, 9.17) is 4.52 Å². The van der Waals surface area contributed by atoms with Crippen LogP contribution in [0.4, 0.5) is 0 Å². The van der Waals surface area contributed by atoms with Crippen LogP contribution >= 0.6 is 0 Å². The average molecular weight is 391 g/mol. The van der Waals surface area contributed by atoms with E-state index >= 15 is 0 Å². The first kappa shape index (κ1) is 20.6. The number of piperazine rings is 1. The first-order valence-electron chi connectivity index (χ1n) is 10.5. The van der Waals surface area contributed by atoms with Crippen molar-refractivity contribution >= 4 is 11.9 Å². The molecule has 8 heteroatoms. The van der Waals surface area contributed by atoms with Crippen LogP contribution in [0.1, 0.15) is 37.8 Å². The van der Waals surface area contributed by atoms with Crippen molar-refractivity contribution in [3.63, 3.8) is 0 Å². The van der Waals surface area contributed by atoms with Crippen molar-refractivity contribution in [2.75, 3.05) is 53.4 Å². The van der Waals surface area contributed by atoms with Crippen LogP contribution in [0, 0.1) is 5.92 Å². The van der Waals surface area contributed by atoms with E-state index in [-0.39, 0.29) is 12.5 Å². The molecule has 3 rings (SSSR count). The third-order valence-electron chi connectivity index (χ3n) is 5.69. The molecule has 1 amide bonds. The lowest BCUT2D eigenvalue weighted by Gasteiger charge is -2.36. The molecular formula is C20H34N6O2. The summed E-state index contributed by atoms with van der Waals surface area (Å²) in [5.74, 6) is 1.63. The Kier molecular flexibility index (Phi) is 7.71. The van der Waals surface area contributed by atoms with Crippen LogP contribution in [-0.2, 0) is 11.3 Å². The van der Waals surface area contributed by atoms with Crippen molar-refractivity contribution in [2.24, 2.45) is 10.9 Å². The van der Waals surface area contributed by atoms with Gasteiger partial charge in [0.2, 0.25) is 5.91 Å². The summed E-state index contributed by atoms with van der Waals surface area (Å²) in [6.45, 7) is 5.63. The normalized spacial score (nSPS) is 19.6. The molecule has 0 bridgehead atoms. The molecule has 28 heavy (non-hydrogen) atoms. The molecule has 1 N–H and O–H groups in total. The van der Waals surface area contributed by atoms with E-state index in [2.05, 4.69) is 25.3 Å². The molecule has 0 spiro atoms. The molecule has 1 saturated carbocycles. The lowest BCUT2D eigenvalue weighted by molar-refractivity contribution is -0.127. The van der Waals surface area contributed by atoms with Gasteiger partial charge in [-0.3, -0.25) is 9.69 Å². The number of hydrogen-bond acceptors (Lipinski definition) is 5. The highest BCUT2D eigenvalue weighted by Gasteiger charge is 2.22. The number of hydrogen-bond donors (Lipinski definition) is 1. The molecule has 0 aromatic carbocycles. The van der Waals surface area contributed by atoms with Gasteiger partial charge in [-0.1, -0.05) is 24.4 Å². The van der Waals surface area contributed by atoms with Crippen molar-refractivity contribution in [3.8, 4) is 0 Å². The van der Waals surface area contributed by atoms with Gasteiger partial charge in [0, 0.05) is 59.4 Å². The van der Waals surface area contributed by atoms with Gasteiger partial charge < -0.3 is 19.6 Å². The van der Waals surface area contributed by atoms with Crippen LogP contribution < -0.4 is 5.32 Å². The van der Waals surface area contributed by atoms with Gasteiger partial charge >= 0.3 is 0 Å². The van der Waals surface area contributed by atoms with E-state index in [9.17, 15) is 4.79 Å². The lowest BCUT2D eigenvalue weighted by Crippen LogP contribution is -2.53. The molecule has 2 heterocycles. The zero-order valence-electron chi connectivity index (χ0n) is 17.3. The smallest absolute Gasteiger partial charge is 0.243 e. The van der Waals surface area contributed by atoms with Crippen molar-refractivity contribution in [1.29, 1.82) is 0 Å². The van der Waals surface area contributed by atoms with Gasteiger partial charge in [-0.05, 0) is 18.8 Å². The van der Waals surface area contributed by atoms with E-state index in [1.165, 1.54) is 32.1 Å². The average Bonchev–Trinajstić information content (AvgIpc) is 3.22. The van der Waals surface area contributed by atoms with Crippen molar-refractivity contribution in [3.05, 3.63) is 18.0 Å². The summed E-state index contributed by atoms with van der Waals surface area (Å²) in [5, 5.41) is 7.58. The van der Waals surface area contributed by atoms with Gasteiger partial charge in [0.15, 0.2) is 5.96 Å². The molecule has 156 valence electrons. The van der Waals surface area contributed by atoms with Gasteiger partial charge in [0.25, 0.3) is 0 Å². The van der Waals surface area contributed by atoms with E-state index in [0.717, 1.165) is 56.8 Å². The molecule has 8 nitrogen and oxygen atoms in total. The highest BCUT2D eigenvalue weighted by atomic mass is 16.5. The number of likely N-dealkylation sites (N-methyl/N-ethyl adjacent to an activating group) is 1. The van der Waals surface area contributed by atoms with E-state index in [0.29, 0.717) is 0 Å². The predicted octanol–water partition coefficient (Wildman–Crippen LogP) is 1.41. The number of aromatic nitrogens is 1. The fourth-order valence-electron chi connectivity index (χ4n) is 3.84. The Balaban J connectivity index is 1.54. The Labute approximate surface area is 167 Å². The number of carbonyl (C=O) groups excluding carboxylic acids is 1.